The van der Waals surface area contributed by atoms with Gasteiger partial charge in [0.2, 0.25) is 0 Å². The third-order valence-corrected chi connectivity index (χ3v) is 5.15. The van der Waals surface area contributed by atoms with Crippen LogP contribution in [-0.2, 0) is 7.05 Å². The lowest BCUT2D eigenvalue weighted by Crippen LogP contribution is -2.52. The summed E-state index contributed by atoms with van der Waals surface area (Å²) in [4.78, 5) is 26.3. The zero-order valence-corrected chi connectivity index (χ0v) is 15.5. The summed E-state index contributed by atoms with van der Waals surface area (Å²) in [6.45, 7) is 2.24. The molecule has 142 valence electrons. The van der Waals surface area contributed by atoms with Crippen LogP contribution < -0.4 is 20.5 Å². The van der Waals surface area contributed by atoms with Crippen LogP contribution in [0.4, 0.5) is 5.82 Å². The van der Waals surface area contributed by atoms with Gasteiger partial charge >= 0.3 is 0 Å². The van der Waals surface area contributed by atoms with E-state index in [0.29, 0.717) is 23.9 Å². The molecule has 1 amide bonds. The lowest BCUT2D eigenvalue weighted by atomic mass is 10.00. The molecule has 0 spiro atoms. The van der Waals surface area contributed by atoms with E-state index in [9.17, 15) is 9.59 Å². The van der Waals surface area contributed by atoms with Crippen molar-refractivity contribution in [2.24, 2.45) is 13.0 Å². The van der Waals surface area contributed by atoms with Crippen molar-refractivity contribution >= 4 is 11.7 Å². The first-order chi connectivity index (χ1) is 13.0. The van der Waals surface area contributed by atoms with E-state index in [1.165, 1.54) is 36.8 Å². The smallest absolute Gasteiger partial charge is 0.256 e. The molecule has 1 aliphatic carbocycles. The van der Waals surface area contributed by atoms with Crippen molar-refractivity contribution in [3.8, 4) is 5.75 Å². The van der Waals surface area contributed by atoms with Crippen LogP contribution in [0.25, 0.3) is 0 Å². The van der Waals surface area contributed by atoms with E-state index < -0.39 is 0 Å². The summed E-state index contributed by atoms with van der Waals surface area (Å²) in [7, 11) is 3.06. The van der Waals surface area contributed by atoms with Gasteiger partial charge in [-0.3, -0.25) is 9.59 Å². The second-order valence-corrected chi connectivity index (χ2v) is 7.28. The number of hydrogen-bond donors (Lipinski definition) is 1. The molecule has 0 unspecified atom stereocenters. The van der Waals surface area contributed by atoms with Gasteiger partial charge in [0.1, 0.15) is 5.75 Å². The van der Waals surface area contributed by atoms with Crippen molar-refractivity contribution in [3.05, 3.63) is 46.0 Å². The summed E-state index contributed by atoms with van der Waals surface area (Å²) in [5.41, 5.74) is 1.23. The number of ether oxygens (including phenoxy) is 1. The molecule has 2 aromatic rings. The topological polar surface area (TPSA) is 89.4 Å². The molecule has 1 N–H and O–H groups in total. The average molecular weight is 369 g/mol. The van der Waals surface area contributed by atoms with E-state index in [1.807, 2.05) is 6.07 Å². The van der Waals surface area contributed by atoms with Crippen molar-refractivity contribution in [3.63, 3.8) is 0 Å². The van der Waals surface area contributed by atoms with Gasteiger partial charge in [-0.15, -0.1) is 5.10 Å². The Balaban J connectivity index is 1.30. The molecule has 8 nitrogen and oxygen atoms in total. The summed E-state index contributed by atoms with van der Waals surface area (Å²) >= 11 is 0. The third-order valence-electron chi connectivity index (χ3n) is 5.15. The molecule has 3 heterocycles. The first kappa shape index (κ1) is 17.5. The molecule has 0 atom stereocenters. The van der Waals surface area contributed by atoms with Crippen molar-refractivity contribution in [1.29, 1.82) is 0 Å². The minimum absolute atomic E-state index is 0.216. The van der Waals surface area contributed by atoms with Gasteiger partial charge in [0.05, 0.1) is 18.4 Å². The maximum absolute atomic E-state index is 12.4. The zero-order valence-electron chi connectivity index (χ0n) is 15.5. The molecule has 0 bridgehead atoms. The Bertz CT molecular complexity index is 899. The number of amides is 1. The van der Waals surface area contributed by atoms with E-state index in [1.54, 1.807) is 7.05 Å². The number of anilines is 1. The van der Waals surface area contributed by atoms with Gasteiger partial charge in [0.15, 0.2) is 5.82 Å². The first-order valence-corrected chi connectivity index (χ1v) is 9.16. The van der Waals surface area contributed by atoms with E-state index in [2.05, 4.69) is 26.5 Å². The van der Waals surface area contributed by atoms with Gasteiger partial charge in [-0.2, -0.15) is 5.10 Å². The number of aryl methyl sites for hydroxylation is 1. The summed E-state index contributed by atoms with van der Waals surface area (Å²) in [5.74, 6) is 1.91. The highest BCUT2D eigenvalue weighted by atomic mass is 16.5. The Kier molecular flexibility index (Phi) is 4.55. The lowest BCUT2D eigenvalue weighted by molar-refractivity contribution is 0.0940. The Morgan fingerprint density at radius 3 is 2.70 bits per heavy atom. The fourth-order valence-corrected chi connectivity index (χ4v) is 3.27. The van der Waals surface area contributed by atoms with Crippen LogP contribution in [-0.4, -0.2) is 47.4 Å². The van der Waals surface area contributed by atoms with Crippen LogP contribution in [0, 0.1) is 5.92 Å². The Morgan fingerprint density at radius 1 is 1.30 bits per heavy atom. The van der Waals surface area contributed by atoms with Crippen molar-refractivity contribution < 1.29 is 9.53 Å². The van der Waals surface area contributed by atoms with Crippen molar-refractivity contribution in [2.75, 3.05) is 31.6 Å². The number of carbonyl (C=O) groups excluding carboxylic acids is 1. The molecule has 0 radical (unpaired) electrons. The quantitative estimate of drug-likeness (QED) is 0.815. The van der Waals surface area contributed by atoms with Gasteiger partial charge in [-0.1, -0.05) is 0 Å². The molecule has 0 aromatic carbocycles. The van der Waals surface area contributed by atoms with E-state index in [4.69, 9.17) is 4.74 Å². The van der Waals surface area contributed by atoms with Crippen LogP contribution in [0.15, 0.2) is 29.2 Å². The highest BCUT2D eigenvalue weighted by molar-refractivity contribution is 5.96. The second kappa shape index (κ2) is 7.02. The number of nitrogens with one attached hydrogen (secondary N) is 1. The Labute approximate surface area is 157 Å². The molecule has 1 aliphatic heterocycles. The molecule has 2 aliphatic rings. The van der Waals surface area contributed by atoms with Crippen LogP contribution in [0.2, 0.25) is 0 Å². The number of nitrogens with zero attached hydrogens (tertiary/aromatic N) is 4. The monoisotopic (exact) mass is 369 g/mol. The van der Waals surface area contributed by atoms with Gasteiger partial charge in [0, 0.05) is 50.8 Å². The predicted molar refractivity (Wildman–Crippen MR) is 100 cm³/mol. The molecule has 8 heteroatoms. The summed E-state index contributed by atoms with van der Waals surface area (Å²) < 4.78 is 6.53. The number of carbonyl (C=O) groups is 1. The summed E-state index contributed by atoms with van der Waals surface area (Å²) in [6, 6.07) is 5.43. The van der Waals surface area contributed by atoms with Crippen LogP contribution in [0.3, 0.4) is 0 Å². The largest absolute Gasteiger partial charge is 0.496 e. The Morgan fingerprint density at radius 2 is 2.07 bits per heavy atom. The van der Waals surface area contributed by atoms with E-state index in [0.717, 1.165) is 24.6 Å². The third kappa shape index (κ3) is 3.65. The standard InChI is InChI=1S/C19H23N5O3/c1-23-11-14(16(27-2)7-18(23)25)19(26)20-8-12-9-24(10-12)17-6-5-15(21-22-17)13-3-4-13/h5-7,11-13H,3-4,8-10H2,1-2H3,(H,20,26). The van der Waals surface area contributed by atoms with Crippen molar-refractivity contribution in [2.45, 2.75) is 18.8 Å². The molecule has 2 fully saturated rings. The number of hydrogen-bond acceptors (Lipinski definition) is 6. The van der Waals surface area contributed by atoms with E-state index >= 15 is 0 Å². The fraction of sp³-hybridized carbons (Fsp3) is 0.474. The average Bonchev–Trinajstić information content (AvgIpc) is 3.47. The highest BCUT2D eigenvalue weighted by Crippen LogP contribution is 2.38. The number of methoxy groups -OCH3 is 1. The summed E-state index contributed by atoms with van der Waals surface area (Å²) in [6.07, 6.45) is 3.94. The van der Waals surface area contributed by atoms with E-state index in [-0.39, 0.29) is 17.2 Å². The molecule has 4 rings (SSSR count). The molecular weight excluding hydrogens is 346 g/mol. The molecular formula is C19H23N5O3. The van der Waals surface area contributed by atoms with Gasteiger partial charge in [-0.25, -0.2) is 0 Å². The molecule has 1 saturated carbocycles. The van der Waals surface area contributed by atoms with Crippen LogP contribution in [0.1, 0.15) is 34.8 Å². The maximum Gasteiger partial charge on any atom is 0.256 e. The molecule has 27 heavy (non-hydrogen) atoms. The highest BCUT2D eigenvalue weighted by Gasteiger charge is 2.30. The number of pyridine rings is 1. The van der Waals surface area contributed by atoms with Crippen molar-refractivity contribution in [1.82, 2.24) is 20.1 Å². The fourth-order valence-electron chi connectivity index (χ4n) is 3.27. The number of aromatic nitrogens is 3. The summed E-state index contributed by atoms with van der Waals surface area (Å²) in [5, 5.41) is 11.6. The minimum Gasteiger partial charge on any atom is -0.496 e. The van der Waals surface area contributed by atoms with Crippen LogP contribution >= 0.6 is 0 Å². The first-order valence-electron chi connectivity index (χ1n) is 9.16. The Hall–Kier alpha value is -2.90. The molecule has 2 aromatic heterocycles. The van der Waals surface area contributed by atoms with Crippen LogP contribution in [0.5, 0.6) is 5.75 Å². The van der Waals surface area contributed by atoms with Gasteiger partial charge < -0.3 is 19.5 Å². The SMILES string of the molecule is COc1cc(=O)n(C)cc1C(=O)NCC1CN(c2ccc(C3CC3)nn2)C1. The van der Waals surface area contributed by atoms with Gasteiger partial charge in [0.25, 0.3) is 11.5 Å². The predicted octanol–water partition coefficient (Wildman–Crippen LogP) is 0.927. The molecule has 1 saturated heterocycles. The zero-order chi connectivity index (χ0) is 19.0. The minimum atomic E-state index is -0.241. The normalized spacial score (nSPS) is 16.7. The lowest BCUT2D eigenvalue weighted by Gasteiger charge is -2.39. The second-order valence-electron chi connectivity index (χ2n) is 7.28. The maximum atomic E-state index is 12.4. The number of rotatable bonds is 6. The van der Waals surface area contributed by atoms with Gasteiger partial charge in [-0.05, 0) is 25.0 Å².